The van der Waals surface area contributed by atoms with Crippen LogP contribution in [-0.2, 0) is 32.7 Å². The van der Waals surface area contributed by atoms with Gasteiger partial charge >= 0.3 is 11.9 Å². The Balaban J connectivity index is 4.10. The average Bonchev–Trinajstić information content (AvgIpc) is 3.29. The van der Waals surface area contributed by atoms with E-state index in [0.717, 1.165) is 32.1 Å². The van der Waals surface area contributed by atoms with Crippen LogP contribution in [-0.4, -0.2) is 70.0 Å². The molecule has 9 nitrogen and oxygen atoms in total. The molecule has 0 bridgehead atoms. The van der Waals surface area contributed by atoms with Crippen LogP contribution in [0.5, 0.6) is 0 Å². The molecule has 0 saturated carbocycles. The highest BCUT2D eigenvalue weighted by Crippen LogP contribution is 2.38. The van der Waals surface area contributed by atoms with Crippen molar-refractivity contribution in [1.82, 2.24) is 0 Å². The lowest BCUT2D eigenvalue weighted by Gasteiger charge is -2.28. The van der Waals surface area contributed by atoms with E-state index in [2.05, 4.69) is 13.8 Å². The van der Waals surface area contributed by atoms with E-state index in [1.165, 1.54) is 238 Å². The van der Waals surface area contributed by atoms with Crippen molar-refractivity contribution >= 4 is 19.8 Å². The smallest absolute Gasteiger partial charge is 0.306 e. The Hall–Kier alpha value is -0.990. The molecule has 0 spiro atoms. The molecule has 0 fully saturated rings. The minimum Gasteiger partial charge on any atom is -0.756 e. The van der Waals surface area contributed by atoms with Gasteiger partial charge in [-0.2, -0.15) is 0 Å². The zero-order valence-corrected chi connectivity index (χ0v) is 46.3. The Kier molecular flexibility index (Phi) is 49.2. The number of carbonyl (C=O) groups excluding carboxylic acids is 2. The third-order valence-electron chi connectivity index (χ3n) is 13.4. The van der Waals surface area contributed by atoms with E-state index in [-0.39, 0.29) is 32.0 Å². The summed E-state index contributed by atoms with van der Waals surface area (Å²) in [5.74, 6) is -0.809. The predicted octanol–water partition coefficient (Wildman–Crippen LogP) is 17.2. The van der Waals surface area contributed by atoms with Crippen molar-refractivity contribution in [3.05, 3.63) is 0 Å². The van der Waals surface area contributed by atoms with Crippen LogP contribution in [0.4, 0.5) is 0 Å². The summed E-state index contributed by atoms with van der Waals surface area (Å²) in [6.07, 6.45) is 55.7. The quantitative estimate of drug-likeness (QED) is 0.0256. The summed E-state index contributed by atoms with van der Waals surface area (Å²) in [6.45, 7) is 4.32. The summed E-state index contributed by atoms with van der Waals surface area (Å²) >= 11 is 0. The van der Waals surface area contributed by atoms with E-state index in [4.69, 9.17) is 18.5 Å². The minimum atomic E-state index is -4.63. The number of esters is 2. The molecule has 0 aromatic rings. The van der Waals surface area contributed by atoms with Gasteiger partial charge in [0.2, 0.25) is 0 Å². The Morgan fingerprint density at radius 2 is 0.672 bits per heavy atom. The third kappa shape index (κ3) is 54.2. The number of phosphoric ester groups is 1. The average molecular weight is 973 g/mol. The van der Waals surface area contributed by atoms with E-state index in [9.17, 15) is 19.0 Å². The number of likely N-dealkylation sites (N-methyl/N-ethyl adjacent to an activating group) is 1. The lowest BCUT2D eigenvalue weighted by atomic mass is 10.0. The highest BCUT2D eigenvalue weighted by atomic mass is 31.2. The van der Waals surface area contributed by atoms with Gasteiger partial charge in [-0.25, -0.2) is 0 Å². The number of carbonyl (C=O) groups is 2. The third-order valence-corrected chi connectivity index (χ3v) is 14.3. The summed E-state index contributed by atoms with van der Waals surface area (Å²) in [5.41, 5.74) is 0. The van der Waals surface area contributed by atoms with Crippen molar-refractivity contribution in [3.63, 3.8) is 0 Å². The maximum Gasteiger partial charge on any atom is 0.306 e. The van der Waals surface area contributed by atoms with Gasteiger partial charge < -0.3 is 27.9 Å². The van der Waals surface area contributed by atoms with E-state index >= 15 is 0 Å². The molecule has 0 amide bonds. The summed E-state index contributed by atoms with van der Waals surface area (Å²) in [6, 6.07) is 0. The van der Waals surface area contributed by atoms with E-state index in [1.807, 2.05) is 21.1 Å². The lowest BCUT2D eigenvalue weighted by molar-refractivity contribution is -0.870. The molecule has 0 radical (unpaired) electrons. The van der Waals surface area contributed by atoms with Gasteiger partial charge in [-0.05, 0) is 12.8 Å². The van der Waals surface area contributed by atoms with Gasteiger partial charge in [0.1, 0.15) is 19.8 Å². The molecule has 0 aliphatic heterocycles. The van der Waals surface area contributed by atoms with E-state index in [0.29, 0.717) is 17.4 Å². The Morgan fingerprint density at radius 1 is 0.403 bits per heavy atom. The summed E-state index contributed by atoms with van der Waals surface area (Å²) in [4.78, 5) is 37.9. The zero-order valence-electron chi connectivity index (χ0n) is 45.4. The molecule has 0 rings (SSSR count). The first-order valence-electron chi connectivity index (χ1n) is 29.2. The van der Waals surface area contributed by atoms with Gasteiger partial charge in [0, 0.05) is 12.8 Å². The summed E-state index contributed by atoms with van der Waals surface area (Å²) in [7, 11) is 1.19. The van der Waals surface area contributed by atoms with Crippen molar-refractivity contribution in [3.8, 4) is 0 Å². The summed E-state index contributed by atoms with van der Waals surface area (Å²) in [5, 5.41) is 0. The second kappa shape index (κ2) is 50.0. The van der Waals surface area contributed by atoms with Crippen molar-refractivity contribution in [2.45, 2.75) is 309 Å². The van der Waals surface area contributed by atoms with Gasteiger partial charge in [-0.3, -0.25) is 14.2 Å². The van der Waals surface area contributed by atoms with Gasteiger partial charge in [0.15, 0.2) is 6.10 Å². The number of phosphoric acid groups is 1. The molecule has 1 unspecified atom stereocenters. The van der Waals surface area contributed by atoms with Gasteiger partial charge in [-0.1, -0.05) is 277 Å². The molecular formula is C57H114NO8P. The van der Waals surface area contributed by atoms with Crippen LogP contribution in [0.15, 0.2) is 0 Å². The van der Waals surface area contributed by atoms with Crippen LogP contribution in [0.1, 0.15) is 303 Å². The number of hydrogen-bond donors (Lipinski definition) is 0. The molecule has 0 aromatic heterocycles. The Bertz CT molecular complexity index is 1100. The van der Waals surface area contributed by atoms with Gasteiger partial charge in [0.25, 0.3) is 7.82 Å². The number of rotatable bonds is 55. The van der Waals surface area contributed by atoms with Crippen molar-refractivity contribution < 1.29 is 42.1 Å². The second-order valence-corrected chi connectivity index (χ2v) is 22.8. The van der Waals surface area contributed by atoms with Crippen molar-refractivity contribution in [1.29, 1.82) is 0 Å². The first-order chi connectivity index (χ1) is 32.5. The molecule has 67 heavy (non-hydrogen) atoms. The van der Waals surface area contributed by atoms with Crippen molar-refractivity contribution in [2.75, 3.05) is 47.5 Å². The zero-order chi connectivity index (χ0) is 49.2. The molecule has 0 aliphatic rings. The SMILES string of the molecule is CCCCCCCCCCCCCCCCCCCCCCCCC(=O)OC[C@H](COP(=O)([O-])OCC[N+](C)(C)C)OC(=O)CCCCCCCCCCCCCCCCCCCCCCC. The largest absolute Gasteiger partial charge is 0.756 e. The molecule has 10 heteroatoms. The monoisotopic (exact) mass is 972 g/mol. The van der Waals surface area contributed by atoms with Crippen LogP contribution in [0.25, 0.3) is 0 Å². The van der Waals surface area contributed by atoms with E-state index < -0.39 is 26.5 Å². The fraction of sp³-hybridized carbons (Fsp3) is 0.965. The highest BCUT2D eigenvalue weighted by Gasteiger charge is 2.22. The van der Waals surface area contributed by atoms with E-state index in [1.54, 1.807) is 0 Å². The van der Waals surface area contributed by atoms with Crippen LogP contribution in [0.2, 0.25) is 0 Å². The van der Waals surface area contributed by atoms with Crippen LogP contribution < -0.4 is 4.89 Å². The fourth-order valence-corrected chi connectivity index (χ4v) is 9.57. The lowest BCUT2D eigenvalue weighted by Crippen LogP contribution is -2.37. The fourth-order valence-electron chi connectivity index (χ4n) is 8.84. The molecular weight excluding hydrogens is 858 g/mol. The highest BCUT2D eigenvalue weighted by molar-refractivity contribution is 7.45. The molecule has 0 aromatic carbocycles. The topological polar surface area (TPSA) is 111 Å². The Morgan fingerprint density at radius 3 is 0.955 bits per heavy atom. The molecule has 0 aliphatic carbocycles. The number of nitrogens with zero attached hydrogens (tertiary/aromatic N) is 1. The number of hydrogen-bond acceptors (Lipinski definition) is 8. The molecule has 0 heterocycles. The van der Waals surface area contributed by atoms with Crippen molar-refractivity contribution in [2.24, 2.45) is 0 Å². The second-order valence-electron chi connectivity index (χ2n) is 21.4. The molecule has 0 saturated heterocycles. The number of ether oxygens (including phenoxy) is 2. The first kappa shape index (κ1) is 66.0. The van der Waals surface area contributed by atoms with Gasteiger partial charge in [0.05, 0.1) is 27.7 Å². The van der Waals surface area contributed by atoms with Crippen LogP contribution in [0, 0.1) is 0 Å². The number of unbranched alkanes of at least 4 members (excludes halogenated alkanes) is 41. The van der Waals surface area contributed by atoms with Crippen LogP contribution >= 0.6 is 7.82 Å². The first-order valence-corrected chi connectivity index (χ1v) is 30.7. The molecule has 0 N–H and O–H groups in total. The molecule has 2 atom stereocenters. The van der Waals surface area contributed by atoms with Crippen LogP contribution in [0.3, 0.4) is 0 Å². The standard InChI is InChI=1S/C57H114NO8P/c1-6-8-10-12-14-16-18-20-22-24-26-28-30-31-33-35-37-39-41-43-45-47-49-56(59)63-53-55(54-65-67(61,62)64-52-51-58(3,4)5)66-57(60)50-48-46-44-42-40-38-36-34-32-29-27-25-23-21-19-17-15-13-11-9-7-2/h55H,6-54H2,1-5H3/t55-/m1/s1. The maximum absolute atomic E-state index is 12.8. The van der Waals surface area contributed by atoms with Gasteiger partial charge in [-0.15, -0.1) is 0 Å². The predicted molar refractivity (Wildman–Crippen MR) is 282 cm³/mol. The maximum atomic E-state index is 12.8. The minimum absolute atomic E-state index is 0.0251. The normalized spacial score (nSPS) is 13.2. The summed E-state index contributed by atoms with van der Waals surface area (Å²) < 4.78 is 34.2. The number of quaternary nitrogens is 1. The molecule has 400 valence electrons. The Labute approximate surface area is 416 Å².